The van der Waals surface area contributed by atoms with Crippen molar-refractivity contribution in [3.8, 4) is 0 Å². The number of hydrogen-bond acceptors (Lipinski definition) is 4. The smallest absolute Gasteiger partial charge is 0.250 e. The highest BCUT2D eigenvalue weighted by atomic mass is 16.3. The van der Waals surface area contributed by atoms with Gasteiger partial charge in [0.1, 0.15) is 0 Å². The van der Waals surface area contributed by atoms with Crippen LogP contribution in [0.4, 0.5) is 0 Å². The Hall–Kier alpha value is -2.44. The van der Waals surface area contributed by atoms with Gasteiger partial charge in [-0.3, -0.25) is 14.5 Å². The first-order valence-electron chi connectivity index (χ1n) is 12.6. The van der Waals surface area contributed by atoms with E-state index in [1.54, 1.807) is 6.07 Å². The number of benzene rings is 1. The fourth-order valence-electron chi connectivity index (χ4n) is 7.11. The molecule has 1 aliphatic carbocycles. The molecule has 2 aromatic rings. The van der Waals surface area contributed by atoms with Crippen molar-refractivity contribution in [1.82, 2.24) is 14.4 Å². The molecule has 2 fully saturated rings. The summed E-state index contributed by atoms with van der Waals surface area (Å²) in [7, 11) is 0. The topological polar surface area (TPSA) is 65.8 Å². The van der Waals surface area contributed by atoms with Gasteiger partial charge in [0.05, 0.1) is 12.1 Å². The SMILES string of the molecule is O=C([C@@H]1[C@@H](CO)[C@@H]2Cn3c(cccc3=O)[C@@H]2N1CC1CCCC1)N1CCc2ccccc2C1. The van der Waals surface area contributed by atoms with E-state index in [0.717, 1.165) is 25.2 Å². The van der Waals surface area contributed by atoms with Gasteiger partial charge in [0, 0.05) is 56.4 Å². The van der Waals surface area contributed by atoms with Gasteiger partial charge >= 0.3 is 0 Å². The molecule has 33 heavy (non-hydrogen) atoms. The molecule has 174 valence electrons. The molecule has 6 rings (SSSR count). The highest BCUT2D eigenvalue weighted by Crippen LogP contribution is 2.50. The number of fused-ring (bicyclic) bond motifs is 4. The molecule has 1 saturated heterocycles. The van der Waals surface area contributed by atoms with Gasteiger partial charge in [0.2, 0.25) is 5.91 Å². The minimum absolute atomic E-state index is 0.0219. The molecule has 6 heteroatoms. The molecular formula is C27H33N3O3. The summed E-state index contributed by atoms with van der Waals surface area (Å²) in [6.07, 6.45) is 5.81. The minimum Gasteiger partial charge on any atom is -0.396 e. The van der Waals surface area contributed by atoms with Crippen molar-refractivity contribution < 1.29 is 9.90 Å². The number of aliphatic hydroxyl groups is 1. The van der Waals surface area contributed by atoms with Crippen molar-refractivity contribution in [3.63, 3.8) is 0 Å². The third-order valence-electron chi connectivity index (χ3n) is 8.71. The summed E-state index contributed by atoms with van der Waals surface area (Å²) in [5.41, 5.74) is 3.60. The Balaban J connectivity index is 1.35. The zero-order valence-corrected chi connectivity index (χ0v) is 19.1. The van der Waals surface area contributed by atoms with Gasteiger partial charge in [-0.1, -0.05) is 43.2 Å². The second-order valence-electron chi connectivity index (χ2n) is 10.4. The zero-order valence-electron chi connectivity index (χ0n) is 19.1. The average molecular weight is 448 g/mol. The van der Waals surface area contributed by atoms with Crippen LogP contribution in [0.25, 0.3) is 0 Å². The van der Waals surface area contributed by atoms with Crippen LogP contribution in [0.5, 0.6) is 0 Å². The van der Waals surface area contributed by atoms with E-state index < -0.39 is 0 Å². The van der Waals surface area contributed by atoms with Crippen LogP contribution in [0.1, 0.15) is 48.5 Å². The summed E-state index contributed by atoms with van der Waals surface area (Å²) < 4.78 is 1.87. The summed E-state index contributed by atoms with van der Waals surface area (Å²) in [4.78, 5) is 31.1. The molecule has 0 radical (unpaired) electrons. The predicted octanol–water partition coefficient (Wildman–Crippen LogP) is 2.59. The van der Waals surface area contributed by atoms with E-state index in [9.17, 15) is 14.7 Å². The number of carbonyl (C=O) groups excluding carboxylic acids is 1. The molecule has 4 atom stereocenters. The Morgan fingerprint density at radius 2 is 1.82 bits per heavy atom. The van der Waals surface area contributed by atoms with E-state index in [0.29, 0.717) is 19.0 Å². The van der Waals surface area contributed by atoms with Crippen LogP contribution in [0.15, 0.2) is 47.3 Å². The first-order valence-corrected chi connectivity index (χ1v) is 12.6. The first-order chi connectivity index (χ1) is 16.2. The molecule has 0 bridgehead atoms. The monoisotopic (exact) mass is 447 g/mol. The lowest BCUT2D eigenvalue weighted by molar-refractivity contribution is -0.139. The summed E-state index contributed by atoms with van der Waals surface area (Å²) in [5.74, 6) is 0.684. The number of pyridine rings is 1. The molecule has 1 N–H and O–H groups in total. The lowest BCUT2D eigenvalue weighted by Crippen LogP contribution is -2.51. The maximum atomic E-state index is 14.1. The average Bonchev–Trinajstić information content (AvgIpc) is 3.55. The molecule has 0 unspecified atom stereocenters. The number of likely N-dealkylation sites (tertiary alicyclic amines) is 1. The maximum absolute atomic E-state index is 14.1. The van der Waals surface area contributed by atoms with E-state index in [-0.39, 0.29) is 42.0 Å². The van der Waals surface area contributed by atoms with Crippen LogP contribution >= 0.6 is 0 Å². The van der Waals surface area contributed by atoms with Crippen molar-refractivity contribution >= 4 is 5.91 Å². The standard InChI is InChI=1S/C27H33N3O3/c31-17-22-21-16-29-23(10-5-11-24(29)32)25(21)30(14-18-6-1-2-7-18)26(22)27(33)28-13-12-19-8-3-4-9-20(19)15-28/h3-5,8-11,18,21-22,25-26,31H,1-2,6-7,12-17H2/t21-,22-,25+,26-/m0/s1. The quantitative estimate of drug-likeness (QED) is 0.783. The number of nitrogens with zero attached hydrogens (tertiary/aromatic N) is 3. The Labute approximate surface area is 194 Å². The molecule has 4 heterocycles. The van der Waals surface area contributed by atoms with Crippen molar-refractivity contribution in [1.29, 1.82) is 0 Å². The largest absolute Gasteiger partial charge is 0.396 e. The second-order valence-corrected chi connectivity index (χ2v) is 10.4. The van der Waals surface area contributed by atoms with Crippen LogP contribution in [0, 0.1) is 17.8 Å². The normalized spacial score (nSPS) is 29.2. The number of aliphatic hydroxyl groups excluding tert-OH is 1. The Morgan fingerprint density at radius 1 is 1.03 bits per heavy atom. The first kappa shape index (κ1) is 21.1. The van der Waals surface area contributed by atoms with Crippen LogP contribution in [-0.2, 0) is 24.3 Å². The van der Waals surface area contributed by atoms with Crippen molar-refractivity contribution in [2.24, 2.45) is 17.8 Å². The Morgan fingerprint density at radius 3 is 2.61 bits per heavy atom. The third kappa shape index (κ3) is 3.46. The van der Waals surface area contributed by atoms with Gasteiger partial charge in [-0.25, -0.2) is 0 Å². The van der Waals surface area contributed by atoms with Gasteiger partial charge in [0.15, 0.2) is 0 Å². The highest BCUT2D eigenvalue weighted by molar-refractivity contribution is 5.83. The van der Waals surface area contributed by atoms with Crippen LogP contribution < -0.4 is 5.56 Å². The third-order valence-corrected chi connectivity index (χ3v) is 8.71. The molecule has 1 saturated carbocycles. The van der Waals surface area contributed by atoms with E-state index >= 15 is 0 Å². The van der Waals surface area contributed by atoms with Gasteiger partial charge < -0.3 is 14.6 Å². The lowest BCUT2D eigenvalue weighted by Gasteiger charge is -2.37. The van der Waals surface area contributed by atoms with Gasteiger partial charge in [-0.2, -0.15) is 0 Å². The number of hydrogen-bond donors (Lipinski definition) is 1. The van der Waals surface area contributed by atoms with E-state index in [1.807, 2.05) is 27.7 Å². The minimum atomic E-state index is -0.320. The van der Waals surface area contributed by atoms with Crippen molar-refractivity contribution in [3.05, 3.63) is 69.6 Å². The Kier molecular flexibility index (Phi) is 5.38. The molecule has 3 aliphatic heterocycles. The summed E-state index contributed by atoms with van der Waals surface area (Å²) in [5, 5.41) is 10.5. The fourth-order valence-corrected chi connectivity index (χ4v) is 7.11. The molecule has 0 spiro atoms. The van der Waals surface area contributed by atoms with Crippen LogP contribution in [-0.4, -0.2) is 51.1 Å². The summed E-state index contributed by atoms with van der Waals surface area (Å²) >= 11 is 0. The molecular weight excluding hydrogens is 414 g/mol. The van der Waals surface area contributed by atoms with Crippen LogP contribution in [0.2, 0.25) is 0 Å². The fraction of sp³-hybridized carbons (Fsp3) is 0.556. The lowest BCUT2D eigenvalue weighted by atomic mass is 9.87. The number of aromatic nitrogens is 1. The molecule has 1 aromatic carbocycles. The van der Waals surface area contributed by atoms with E-state index in [4.69, 9.17) is 0 Å². The van der Waals surface area contributed by atoms with Gasteiger partial charge in [-0.15, -0.1) is 0 Å². The maximum Gasteiger partial charge on any atom is 0.250 e. The molecule has 4 aliphatic rings. The number of carbonyl (C=O) groups is 1. The molecule has 1 amide bonds. The van der Waals surface area contributed by atoms with Crippen molar-refractivity contribution in [2.75, 3.05) is 19.7 Å². The molecule has 1 aromatic heterocycles. The van der Waals surface area contributed by atoms with Gasteiger partial charge in [0.25, 0.3) is 5.56 Å². The van der Waals surface area contributed by atoms with E-state index in [1.165, 1.54) is 36.8 Å². The number of amides is 1. The second kappa shape index (κ2) is 8.41. The summed E-state index contributed by atoms with van der Waals surface area (Å²) in [6, 6.07) is 13.6. The van der Waals surface area contributed by atoms with Crippen molar-refractivity contribution in [2.45, 2.75) is 57.3 Å². The summed E-state index contributed by atoms with van der Waals surface area (Å²) in [6.45, 7) is 2.83. The predicted molar refractivity (Wildman–Crippen MR) is 126 cm³/mol. The van der Waals surface area contributed by atoms with E-state index in [2.05, 4.69) is 23.1 Å². The highest BCUT2D eigenvalue weighted by Gasteiger charge is 2.56. The number of rotatable bonds is 4. The van der Waals surface area contributed by atoms with Crippen LogP contribution in [0.3, 0.4) is 0 Å². The molecule has 6 nitrogen and oxygen atoms in total. The Bertz CT molecular complexity index is 1110. The van der Waals surface area contributed by atoms with Gasteiger partial charge in [-0.05, 0) is 42.4 Å². The zero-order chi connectivity index (χ0) is 22.5.